The van der Waals surface area contributed by atoms with Crippen LogP contribution in [0.3, 0.4) is 0 Å². The maximum absolute atomic E-state index is 12.7. The Morgan fingerprint density at radius 2 is 1.61 bits per heavy atom. The van der Waals surface area contributed by atoms with Gasteiger partial charge in [0.2, 0.25) is 0 Å². The van der Waals surface area contributed by atoms with Gasteiger partial charge in [0.1, 0.15) is 11.5 Å². The third-order valence-electron chi connectivity index (χ3n) is 4.18. The standard InChI is InChI=1S/C21H17N5O2/c1-13-23-17-10-9-14(12-19(17)24-13)20(27)25-15-6-2-3-7-16(15)26-21(28)18-8-4-5-11-22-18/h2-12H,1H3,(H,23,24)(H,25,27)(H,26,28). The van der Waals surface area contributed by atoms with Crippen LogP contribution >= 0.6 is 0 Å². The van der Waals surface area contributed by atoms with E-state index in [9.17, 15) is 9.59 Å². The molecule has 7 nitrogen and oxygen atoms in total. The second-order valence-corrected chi connectivity index (χ2v) is 6.22. The van der Waals surface area contributed by atoms with Gasteiger partial charge in [-0.3, -0.25) is 14.6 Å². The zero-order valence-corrected chi connectivity index (χ0v) is 15.1. The zero-order chi connectivity index (χ0) is 19.5. The number of imidazole rings is 1. The van der Waals surface area contributed by atoms with Gasteiger partial charge in [0, 0.05) is 11.8 Å². The molecule has 0 saturated heterocycles. The average Bonchev–Trinajstić information content (AvgIpc) is 3.09. The lowest BCUT2D eigenvalue weighted by Gasteiger charge is -2.12. The minimum atomic E-state index is -0.350. The van der Waals surface area contributed by atoms with Crippen LogP contribution < -0.4 is 10.6 Å². The van der Waals surface area contributed by atoms with Gasteiger partial charge in [0.15, 0.2) is 0 Å². The fourth-order valence-corrected chi connectivity index (χ4v) is 2.86. The highest BCUT2D eigenvalue weighted by atomic mass is 16.2. The molecule has 0 aliphatic rings. The molecule has 2 heterocycles. The molecule has 0 bridgehead atoms. The first-order valence-electron chi connectivity index (χ1n) is 8.69. The molecule has 7 heteroatoms. The predicted molar refractivity (Wildman–Crippen MR) is 107 cm³/mol. The lowest BCUT2D eigenvalue weighted by molar-refractivity contribution is 0.101. The number of amides is 2. The molecule has 0 aliphatic carbocycles. The Bertz CT molecular complexity index is 1170. The number of anilines is 2. The summed E-state index contributed by atoms with van der Waals surface area (Å²) in [6.07, 6.45) is 1.55. The van der Waals surface area contributed by atoms with Crippen LogP contribution in [0.25, 0.3) is 11.0 Å². The van der Waals surface area contributed by atoms with Crippen molar-refractivity contribution in [3.63, 3.8) is 0 Å². The van der Waals surface area contributed by atoms with Crippen LogP contribution in [0.4, 0.5) is 11.4 Å². The number of hydrogen-bond acceptors (Lipinski definition) is 4. The molecule has 2 aromatic carbocycles. The highest BCUT2D eigenvalue weighted by Crippen LogP contribution is 2.23. The van der Waals surface area contributed by atoms with Crippen LogP contribution in [0.15, 0.2) is 66.9 Å². The summed E-state index contributed by atoms with van der Waals surface area (Å²) < 4.78 is 0. The number of fused-ring (bicyclic) bond motifs is 1. The molecule has 0 unspecified atom stereocenters. The first kappa shape index (κ1) is 17.4. The lowest BCUT2D eigenvalue weighted by atomic mass is 10.1. The van der Waals surface area contributed by atoms with Crippen molar-refractivity contribution in [2.24, 2.45) is 0 Å². The highest BCUT2D eigenvalue weighted by Gasteiger charge is 2.13. The number of aromatic amines is 1. The Morgan fingerprint density at radius 1 is 0.893 bits per heavy atom. The Hall–Kier alpha value is -4.00. The third kappa shape index (κ3) is 3.59. The van der Waals surface area contributed by atoms with Gasteiger partial charge in [-0.2, -0.15) is 0 Å². The molecule has 2 aromatic heterocycles. The number of nitrogens with zero attached hydrogens (tertiary/aromatic N) is 2. The molecule has 138 valence electrons. The number of hydrogen-bond donors (Lipinski definition) is 3. The molecule has 28 heavy (non-hydrogen) atoms. The van der Waals surface area contributed by atoms with Crippen LogP contribution in [-0.4, -0.2) is 26.8 Å². The second kappa shape index (κ2) is 7.32. The number of nitrogens with one attached hydrogen (secondary N) is 3. The van der Waals surface area contributed by atoms with Crippen molar-refractivity contribution < 1.29 is 9.59 Å². The highest BCUT2D eigenvalue weighted by molar-refractivity contribution is 6.10. The fraction of sp³-hybridized carbons (Fsp3) is 0.0476. The summed E-state index contributed by atoms with van der Waals surface area (Å²) in [6, 6.07) is 17.4. The van der Waals surface area contributed by atoms with Crippen molar-refractivity contribution in [1.82, 2.24) is 15.0 Å². The Balaban J connectivity index is 1.55. The lowest BCUT2D eigenvalue weighted by Crippen LogP contribution is -2.17. The Morgan fingerprint density at radius 3 is 2.32 bits per heavy atom. The molecule has 0 radical (unpaired) electrons. The van der Waals surface area contributed by atoms with E-state index in [1.807, 2.05) is 6.92 Å². The predicted octanol–water partition coefficient (Wildman–Crippen LogP) is 3.77. The van der Waals surface area contributed by atoms with Crippen molar-refractivity contribution in [2.45, 2.75) is 6.92 Å². The number of para-hydroxylation sites is 2. The molecule has 0 spiro atoms. The van der Waals surface area contributed by atoms with Gasteiger partial charge in [0.25, 0.3) is 11.8 Å². The van der Waals surface area contributed by atoms with Crippen LogP contribution in [0, 0.1) is 6.92 Å². The largest absolute Gasteiger partial charge is 0.342 e. The van der Waals surface area contributed by atoms with Crippen molar-refractivity contribution in [3.05, 3.63) is 83.9 Å². The Labute approximate surface area is 160 Å². The molecule has 4 rings (SSSR count). The van der Waals surface area contributed by atoms with Gasteiger partial charge < -0.3 is 15.6 Å². The van der Waals surface area contributed by atoms with Gasteiger partial charge in [-0.1, -0.05) is 18.2 Å². The number of carbonyl (C=O) groups is 2. The topological polar surface area (TPSA) is 99.8 Å². The van der Waals surface area contributed by atoms with E-state index in [2.05, 4.69) is 25.6 Å². The van der Waals surface area contributed by atoms with Crippen molar-refractivity contribution >= 4 is 34.2 Å². The number of rotatable bonds is 4. The monoisotopic (exact) mass is 371 g/mol. The van der Waals surface area contributed by atoms with Crippen LogP contribution in [0.1, 0.15) is 26.7 Å². The summed E-state index contributed by atoms with van der Waals surface area (Å²) in [5.74, 6) is 0.153. The summed E-state index contributed by atoms with van der Waals surface area (Å²) in [4.78, 5) is 36.6. The van der Waals surface area contributed by atoms with E-state index in [0.29, 0.717) is 22.6 Å². The summed E-state index contributed by atoms with van der Waals surface area (Å²) in [5.41, 5.74) is 3.37. The molecular formula is C21H17N5O2. The molecule has 2 amide bonds. The summed E-state index contributed by atoms with van der Waals surface area (Å²) in [6.45, 7) is 1.86. The fourth-order valence-electron chi connectivity index (χ4n) is 2.86. The van der Waals surface area contributed by atoms with E-state index in [-0.39, 0.29) is 11.8 Å². The number of pyridine rings is 1. The van der Waals surface area contributed by atoms with Crippen LogP contribution in [-0.2, 0) is 0 Å². The number of benzene rings is 2. The number of aryl methyl sites for hydroxylation is 1. The van der Waals surface area contributed by atoms with E-state index in [1.54, 1.807) is 66.9 Å². The van der Waals surface area contributed by atoms with E-state index in [0.717, 1.165) is 16.9 Å². The normalized spacial score (nSPS) is 10.6. The van der Waals surface area contributed by atoms with Gasteiger partial charge in [-0.15, -0.1) is 0 Å². The minimum absolute atomic E-state index is 0.284. The number of H-pyrrole nitrogens is 1. The van der Waals surface area contributed by atoms with Gasteiger partial charge in [-0.25, -0.2) is 4.98 Å². The van der Waals surface area contributed by atoms with Gasteiger partial charge in [0.05, 0.1) is 22.4 Å². The molecule has 4 aromatic rings. The average molecular weight is 371 g/mol. The molecule has 0 atom stereocenters. The first-order chi connectivity index (χ1) is 13.6. The first-order valence-corrected chi connectivity index (χ1v) is 8.69. The molecular weight excluding hydrogens is 354 g/mol. The van der Waals surface area contributed by atoms with Gasteiger partial charge in [-0.05, 0) is 49.4 Å². The molecule has 0 fully saturated rings. The third-order valence-corrected chi connectivity index (χ3v) is 4.18. The van der Waals surface area contributed by atoms with Gasteiger partial charge >= 0.3 is 0 Å². The van der Waals surface area contributed by atoms with Crippen molar-refractivity contribution in [1.29, 1.82) is 0 Å². The van der Waals surface area contributed by atoms with E-state index in [1.165, 1.54) is 0 Å². The zero-order valence-electron chi connectivity index (χ0n) is 15.1. The van der Waals surface area contributed by atoms with Crippen LogP contribution in [0.5, 0.6) is 0 Å². The summed E-state index contributed by atoms with van der Waals surface area (Å²) in [5, 5.41) is 5.63. The Kier molecular flexibility index (Phi) is 4.55. The van der Waals surface area contributed by atoms with Crippen LogP contribution in [0.2, 0.25) is 0 Å². The number of aromatic nitrogens is 3. The quantitative estimate of drug-likeness (QED) is 0.508. The molecule has 0 aliphatic heterocycles. The second-order valence-electron chi connectivity index (χ2n) is 6.22. The van der Waals surface area contributed by atoms with E-state index >= 15 is 0 Å². The molecule has 3 N–H and O–H groups in total. The van der Waals surface area contributed by atoms with E-state index < -0.39 is 0 Å². The smallest absolute Gasteiger partial charge is 0.274 e. The molecule has 0 saturated carbocycles. The van der Waals surface area contributed by atoms with E-state index in [4.69, 9.17) is 0 Å². The maximum Gasteiger partial charge on any atom is 0.274 e. The summed E-state index contributed by atoms with van der Waals surface area (Å²) in [7, 11) is 0. The maximum atomic E-state index is 12.7. The summed E-state index contributed by atoms with van der Waals surface area (Å²) >= 11 is 0. The SMILES string of the molecule is Cc1nc2ccc(C(=O)Nc3ccccc3NC(=O)c3ccccn3)cc2[nH]1. The van der Waals surface area contributed by atoms with Crippen molar-refractivity contribution in [2.75, 3.05) is 10.6 Å². The number of carbonyl (C=O) groups excluding carboxylic acids is 2. The van der Waals surface area contributed by atoms with Crippen molar-refractivity contribution in [3.8, 4) is 0 Å². The minimum Gasteiger partial charge on any atom is -0.342 e.